The molecule has 2 atom stereocenters. The van der Waals surface area contributed by atoms with Gasteiger partial charge in [-0.05, 0) is 30.5 Å². The highest BCUT2D eigenvalue weighted by molar-refractivity contribution is 9.10. The zero-order valence-electron chi connectivity index (χ0n) is 13.8. The van der Waals surface area contributed by atoms with Gasteiger partial charge in [0.15, 0.2) is 0 Å². The molecule has 2 aromatic rings. The Hall–Kier alpha value is -1.70. The highest BCUT2D eigenvalue weighted by atomic mass is 79.9. The molecule has 7 heteroatoms. The Kier molecular flexibility index (Phi) is 5.33. The summed E-state index contributed by atoms with van der Waals surface area (Å²) in [5.41, 5.74) is 8.26. The number of anilines is 1. The molecule has 128 valence electrons. The Morgan fingerprint density at radius 2 is 2.12 bits per heavy atom. The van der Waals surface area contributed by atoms with Gasteiger partial charge in [0.1, 0.15) is 6.04 Å². The third-order valence-corrected chi connectivity index (χ3v) is 4.83. The lowest BCUT2D eigenvalue weighted by atomic mass is 10.1. The second-order valence-corrected chi connectivity index (χ2v) is 7.00. The Labute approximate surface area is 150 Å². The Balaban J connectivity index is 1.68. The second-order valence-electron chi connectivity index (χ2n) is 6.08. The third-order valence-electron chi connectivity index (χ3n) is 4.30. The standard InChI is InChI=1S/C17H22BrN5O/c1-3-4-13-9-14(22-21-13)16(24)20-17-19-10-15(23(17)2)11-5-7-12(18)8-6-11/h5-8,10,13-14,21-22H,3-4,9H2,1-2H3,(H,19,20,24). The average Bonchev–Trinajstić information content (AvgIpc) is 3.17. The Morgan fingerprint density at radius 3 is 2.83 bits per heavy atom. The van der Waals surface area contributed by atoms with Crippen molar-refractivity contribution in [3.8, 4) is 11.3 Å². The highest BCUT2D eigenvalue weighted by Crippen LogP contribution is 2.24. The van der Waals surface area contributed by atoms with E-state index in [2.05, 4.69) is 44.0 Å². The van der Waals surface area contributed by atoms with Crippen molar-refractivity contribution in [3.05, 3.63) is 34.9 Å². The lowest BCUT2D eigenvalue weighted by Gasteiger charge is -2.11. The summed E-state index contributed by atoms with van der Waals surface area (Å²) in [6, 6.07) is 8.14. The molecular formula is C17H22BrN5O. The highest BCUT2D eigenvalue weighted by Gasteiger charge is 2.29. The molecular weight excluding hydrogens is 370 g/mol. The van der Waals surface area contributed by atoms with E-state index in [1.807, 2.05) is 35.9 Å². The van der Waals surface area contributed by atoms with Gasteiger partial charge in [0.05, 0.1) is 11.9 Å². The minimum Gasteiger partial charge on any atom is -0.313 e. The van der Waals surface area contributed by atoms with Crippen LogP contribution in [0.4, 0.5) is 5.95 Å². The molecule has 0 saturated carbocycles. The maximum Gasteiger partial charge on any atom is 0.245 e. The monoisotopic (exact) mass is 391 g/mol. The summed E-state index contributed by atoms with van der Waals surface area (Å²) < 4.78 is 2.93. The van der Waals surface area contributed by atoms with Crippen molar-refractivity contribution in [1.29, 1.82) is 0 Å². The molecule has 0 bridgehead atoms. The number of rotatable bonds is 5. The van der Waals surface area contributed by atoms with Crippen molar-refractivity contribution in [2.24, 2.45) is 7.05 Å². The van der Waals surface area contributed by atoms with E-state index in [0.29, 0.717) is 12.0 Å². The van der Waals surface area contributed by atoms with Crippen LogP contribution in [0.3, 0.4) is 0 Å². The normalized spacial score (nSPS) is 20.3. The number of aromatic nitrogens is 2. The van der Waals surface area contributed by atoms with Crippen LogP contribution in [-0.4, -0.2) is 27.5 Å². The van der Waals surface area contributed by atoms with Crippen molar-refractivity contribution in [1.82, 2.24) is 20.4 Å². The number of halogens is 1. The average molecular weight is 392 g/mol. The van der Waals surface area contributed by atoms with Gasteiger partial charge in [0, 0.05) is 17.6 Å². The summed E-state index contributed by atoms with van der Waals surface area (Å²) in [6.45, 7) is 2.15. The van der Waals surface area contributed by atoms with E-state index in [4.69, 9.17) is 0 Å². The van der Waals surface area contributed by atoms with Crippen LogP contribution in [0.15, 0.2) is 34.9 Å². The van der Waals surface area contributed by atoms with Gasteiger partial charge in [-0.15, -0.1) is 0 Å². The predicted octanol–water partition coefficient (Wildman–Crippen LogP) is 2.82. The van der Waals surface area contributed by atoms with Gasteiger partial charge in [0.25, 0.3) is 0 Å². The fraction of sp³-hybridized carbons (Fsp3) is 0.412. The van der Waals surface area contributed by atoms with Gasteiger partial charge in [-0.2, -0.15) is 0 Å². The molecule has 0 spiro atoms. The van der Waals surface area contributed by atoms with Gasteiger partial charge >= 0.3 is 0 Å². The summed E-state index contributed by atoms with van der Waals surface area (Å²) in [5, 5.41) is 2.92. The molecule has 2 heterocycles. The first-order chi connectivity index (χ1) is 11.6. The van der Waals surface area contributed by atoms with Crippen LogP contribution in [0.5, 0.6) is 0 Å². The molecule has 3 rings (SSSR count). The maximum atomic E-state index is 12.4. The van der Waals surface area contributed by atoms with Crippen LogP contribution in [0.25, 0.3) is 11.3 Å². The molecule has 1 aliphatic rings. The molecule has 1 aromatic carbocycles. The molecule has 3 N–H and O–H groups in total. The predicted molar refractivity (Wildman–Crippen MR) is 98.3 cm³/mol. The maximum absolute atomic E-state index is 12.4. The molecule has 1 aromatic heterocycles. The van der Waals surface area contributed by atoms with Gasteiger partial charge < -0.3 is 4.57 Å². The van der Waals surface area contributed by atoms with E-state index >= 15 is 0 Å². The number of nitrogens with zero attached hydrogens (tertiary/aromatic N) is 2. The lowest BCUT2D eigenvalue weighted by molar-refractivity contribution is -0.118. The minimum atomic E-state index is -0.227. The Morgan fingerprint density at radius 1 is 1.38 bits per heavy atom. The summed E-state index contributed by atoms with van der Waals surface area (Å²) in [5.74, 6) is 0.496. The number of amides is 1. The van der Waals surface area contributed by atoms with Crippen LogP contribution >= 0.6 is 15.9 Å². The lowest BCUT2D eigenvalue weighted by Crippen LogP contribution is -2.40. The summed E-state index contributed by atoms with van der Waals surface area (Å²) in [4.78, 5) is 16.8. The van der Waals surface area contributed by atoms with E-state index in [1.54, 1.807) is 6.20 Å². The van der Waals surface area contributed by atoms with E-state index in [1.165, 1.54) is 0 Å². The largest absolute Gasteiger partial charge is 0.313 e. The summed E-state index contributed by atoms with van der Waals surface area (Å²) in [6.07, 6.45) is 4.74. The first-order valence-electron chi connectivity index (χ1n) is 8.18. The zero-order chi connectivity index (χ0) is 17.1. The number of nitrogens with one attached hydrogen (secondary N) is 3. The van der Waals surface area contributed by atoms with E-state index in [0.717, 1.165) is 35.0 Å². The molecule has 1 aliphatic heterocycles. The number of hydrogen-bond acceptors (Lipinski definition) is 4. The SMILES string of the molecule is CCCC1CC(C(=O)Nc2ncc(-c3ccc(Br)cc3)n2C)NN1. The zero-order valence-corrected chi connectivity index (χ0v) is 15.4. The number of carbonyl (C=O) groups excluding carboxylic acids is 1. The van der Waals surface area contributed by atoms with Crippen molar-refractivity contribution in [2.45, 2.75) is 38.3 Å². The quantitative estimate of drug-likeness (QED) is 0.732. The van der Waals surface area contributed by atoms with Crippen LogP contribution in [-0.2, 0) is 11.8 Å². The van der Waals surface area contributed by atoms with Gasteiger partial charge in [-0.1, -0.05) is 41.4 Å². The van der Waals surface area contributed by atoms with Crippen LogP contribution in [0.1, 0.15) is 26.2 Å². The van der Waals surface area contributed by atoms with Crippen molar-refractivity contribution in [3.63, 3.8) is 0 Å². The number of hydrazine groups is 1. The second kappa shape index (κ2) is 7.46. The molecule has 1 saturated heterocycles. The van der Waals surface area contributed by atoms with Crippen molar-refractivity contribution in [2.75, 3.05) is 5.32 Å². The Bertz CT molecular complexity index is 712. The number of carbonyl (C=O) groups is 1. The summed E-state index contributed by atoms with van der Waals surface area (Å²) >= 11 is 3.44. The molecule has 1 fully saturated rings. The molecule has 1 amide bonds. The van der Waals surface area contributed by atoms with Gasteiger partial charge in [-0.25, -0.2) is 10.4 Å². The first kappa shape index (κ1) is 17.1. The fourth-order valence-electron chi connectivity index (χ4n) is 2.94. The molecule has 0 radical (unpaired) electrons. The minimum absolute atomic E-state index is 0.0582. The van der Waals surface area contributed by atoms with Crippen molar-refractivity contribution >= 4 is 27.8 Å². The van der Waals surface area contributed by atoms with E-state index in [9.17, 15) is 4.79 Å². The van der Waals surface area contributed by atoms with Crippen LogP contribution in [0.2, 0.25) is 0 Å². The van der Waals surface area contributed by atoms with E-state index < -0.39 is 0 Å². The first-order valence-corrected chi connectivity index (χ1v) is 8.97. The smallest absolute Gasteiger partial charge is 0.245 e. The van der Waals surface area contributed by atoms with Gasteiger partial charge in [0.2, 0.25) is 11.9 Å². The molecule has 24 heavy (non-hydrogen) atoms. The van der Waals surface area contributed by atoms with E-state index in [-0.39, 0.29) is 11.9 Å². The number of imidazole rings is 1. The van der Waals surface area contributed by atoms with Crippen LogP contribution in [0, 0.1) is 0 Å². The summed E-state index contributed by atoms with van der Waals surface area (Å²) in [7, 11) is 1.90. The third kappa shape index (κ3) is 3.68. The number of hydrogen-bond donors (Lipinski definition) is 3. The molecule has 2 unspecified atom stereocenters. The van der Waals surface area contributed by atoms with Crippen molar-refractivity contribution < 1.29 is 4.79 Å². The number of benzene rings is 1. The topological polar surface area (TPSA) is 71.0 Å². The fourth-order valence-corrected chi connectivity index (χ4v) is 3.21. The molecule has 6 nitrogen and oxygen atoms in total. The van der Waals surface area contributed by atoms with Crippen LogP contribution < -0.4 is 16.2 Å². The van der Waals surface area contributed by atoms with Gasteiger partial charge in [-0.3, -0.25) is 15.5 Å². The molecule has 0 aliphatic carbocycles.